The average Bonchev–Trinajstić information content (AvgIpc) is 3.01. The molecule has 3 aromatic carbocycles. The third kappa shape index (κ3) is 3.86. The summed E-state index contributed by atoms with van der Waals surface area (Å²) >= 11 is 5.91. The minimum Gasteiger partial charge on any atom is -0.298 e. The Hall–Kier alpha value is -2.34. The number of hydrogen-bond donors (Lipinski definition) is 1. The molecule has 0 bridgehead atoms. The molecule has 0 radical (unpaired) electrons. The van der Waals surface area contributed by atoms with Gasteiger partial charge in [0.2, 0.25) is 0 Å². The van der Waals surface area contributed by atoms with E-state index in [1.807, 2.05) is 49.5 Å². The summed E-state index contributed by atoms with van der Waals surface area (Å²) in [7, 11) is -1.59. The van der Waals surface area contributed by atoms with Gasteiger partial charge in [0, 0.05) is 23.8 Å². The van der Waals surface area contributed by atoms with Gasteiger partial charge in [-0.1, -0.05) is 41.9 Å². The van der Waals surface area contributed by atoms with E-state index in [2.05, 4.69) is 9.62 Å². The molecule has 0 aliphatic carbocycles. The van der Waals surface area contributed by atoms with E-state index >= 15 is 0 Å². The van der Waals surface area contributed by atoms with Gasteiger partial charge in [0.1, 0.15) is 0 Å². The first kappa shape index (κ1) is 18.0. The molecule has 1 aliphatic heterocycles. The van der Waals surface area contributed by atoms with Crippen molar-refractivity contribution in [3.8, 4) is 11.1 Å². The van der Waals surface area contributed by atoms with E-state index in [0.29, 0.717) is 10.7 Å². The van der Waals surface area contributed by atoms with Crippen molar-refractivity contribution < 1.29 is 8.42 Å². The van der Waals surface area contributed by atoms with Crippen LogP contribution in [0.1, 0.15) is 11.1 Å². The fourth-order valence-electron chi connectivity index (χ4n) is 3.31. The van der Waals surface area contributed by atoms with Crippen molar-refractivity contribution in [3.05, 3.63) is 82.9 Å². The summed E-state index contributed by atoms with van der Waals surface area (Å²) in [5.74, 6) is 0. The predicted molar refractivity (Wildman–Crippen MR) is 109 cm³/mol. The highest BCUT2D eigenvalue weighted by atomic mass is 35.5. The number of anilines is 1. The molecule has 0 aromatic heterocycles. The molecular formula is C21H19ClN2O2S. The van der Waals surface area contributed by atoms with Crippen LogP contribution in [0.15, 0.2) is 71.6 Å². The van der Waals surface area contributed by atoms with Crippen molar-refractivity contribution in [2.45, 2.75) is 18.0 Å². The summed E-state index contributed by atoms with van der Waals surface area (Å²) in [4.78, 5) is 2.43. The number of nitrogens with one attached hydrogen (secondary N) is 1. The van der Waals surface area contributed by atoms with E-state index in [4.69, 9.17) is 11.6 Å². The number of nitrogens with zero attached hydrogens (tertiary/aromatic N) is 1. The number of rotatable bonds is 4. The summed E-state index contributed by atoms with van der Waals surface area (Å²) < 4.78 is 28.1. The Morgan fingerprint density at radius 3 is 2.11 bits per heavy atom. The van der Waals surface area contributed by atoms with Crippen LogP contribution in [-0.2, 0) is 23.1 Å². The summed E-state index contributed by atoms with van der Waals surface area (Å²) in [5.41, 5.74) is 4.92. The van der Waals surface area contributed by atoms with Crippen LogP contribution in [0.4, 0.5) is 5.69 Å². The molecule has 4 nitrogen and oxygen atoms in total. The minimum absolute atomic E-state index is 0.234. The number of hydrogen-bond acceptors (Lipinski definition) is 3. The Bertz CT molecular complexity index is 1080. The van der Waals surface area contributed by atoms with Gasteiger partial charge in [-0.2, -0.15) is 0 Å². The lowest BCUT2D eigenvalue weighted by Gasteiger charge is -2.10. The third-order valence-corrected chi connectivity index (χ3v) is 6.33. The Kier molecular flexibility index (Phi) is 4.68. The summed E-state index contributed by atoms with van der Waals surface area (Å²) in [5, 5.41) is 0.669. The molecule has 3 aromatic rings. The molecule has 138 valence electrons. The smallest absolute Gasteiger partial charge is 0.261 e. The second kappa shape index (κ2) is 7.00. The van der Waals surface area contributed by atoms with Crippen molar-refractivity contribution in [3.63, 3.8) is 0 Å². The Balaban J connectivity index is 1.55. The SMILES string of the molecule is CN1Cc2ccc(NS(=O)(=O)c3ccc(-c4ccc(Cl)cc4)cc3)cc2C1. The summed E-state index contributed by atoms with van der Waals surface area (Å²) in [6.45, 7) is 1.73. The van der Waals surface area contributed by atoms with Crippen LogP contribution in [0, 0.1) is 0 Å². The van der Waals surface area contributed by atoms with Crippen molar-refractivity contribution in [1.29, 1.82) is 0 Å². The largest absolute Gasteiger partial charge is 0.298 e. The first-order chi connectivity index (χ1) is 12.9. The van der Waals surface area contributed by atoms with Gasteiger partial charge >= 0.3 is 0 Å². The van der Waals surface area contributed by atoms with Crippen molar-refractivity contribution >= 4 is 27.3 Å². The van der Waals surface area contributed by atoms with Gasteiger partial charge in [-0.25, -0.2) is 8.42 Å². The number of fused-ring (bicyclic) bond motifs is 1. The Morgan fingerprint density at radius 1 is 0.852 bits per heavy atom. The van der Waals surface area contributed by atoms with Crippen molar-refractivity contribution in [2.75, 3.05) is 11.8 Å². The first-order valence-corrected chi connectivity index (χ1v) is 10.5. The van der Waals surface area contributed by atoms with Gasteiger partial charge in [-0.15, -0.1) is 0 Å². The number of halogens is 1. The van der Waals surface area contributed by atoms with Crippen LogP contribution < -0.4 is 4.72 Å². The lowest BCUT2D eigenvalue weighted by molar-refractivity contribution is 0.353. The lowest BCUT2D eigenvalue weighted by Crippen LogP contribution is -2.13. The minimum atomic E-state index is -3.63. The number of sulfonamides is 1. The monoisotopic (exact) mass is 398 g/mol. The van der Waals surface area contributed by atoms with E-state index in [0.717, 1.165) is 29.8 Å². The molecule has 27 heavy (non-hydrogen) atoms. The average molecular weight is 399 g/mol. The van der Waals surface area contributed by atoms with Gasteiger partial charge in [0.25, 0.3) is 10.0 Å². The van der Waals surface area contributed by atoms with Crippen molar-refractivity contribution in [2.24, 2.45) is 0 Å². The fourth-order valence-corrected chi connectivity index (χ4v) is 4.49. The second-order valence-electron chi connectivity index (χ2n) is 6.79. The van der Waals surface area contributed by atoms with E-state index < -0.39 is 10.0 Å². The molecule has 0 atom stereocenters. The van der Waals surface area contributed by atoms with E-state index in [-0.39, 0.29) is 4.90 Å². The van der Waals surface area contributed by atoms with Crippen LogP contribution in [-0.4, -0.2) is 20.4 Å². The van der Waals surface area contributed by atoms with Crippen LogP contribution in [0.3, 0.4) is 0 Å². The maximum atomic E-state index is 12.7. The Morgan fingerprint density at radius 2 is 1.44 bits per heavy atom. The number of benzene rings is 3. The molecule has 1 aliphatic rings. The highest BCUT2D eigenvalue weighted by Gasteiger charge is 2.18. The van der Waals surface area contributed by atoms with Gasteiger partial charge in [-0.05, 0) is 65.7 Å². The molecule has 1 N–H and O–H groups in total. The molecule has 0 saturated carbocycles. The molecule has 0 fully saturated rings. The highest BCUT2D eigenvalue weighted by molar-refractivity contribution is 7.92. The molecule has 0 amide bonds. The molecule has 0 spiro atoms. The normalized spacial score (nSPS) is 14.1. The zero-order valence-corrected chi connectivity index (χ0v) is 16.4. The first-order valence-electron chi connectivity index (χ1n) is 8.60. The van der Waals surface area contributed by atoms with Gasteiger partial charge < -0.3 is 0 Å². The van der Waals surface area contributed by atoms with Gasteiger partial charge in [0.05, 0.1) is 4.90 Å². The van der Waals surface area contributed by atoms with Crippen LogP contribution >= 0.6 is 11.6 Å². The topological polar surface area (TPSA) is 49.4 Å². The van der Waals surface area contributed by atoms with E-state index in [1.165, 1.54) is 5.56 Å². The molecule has 0 saturated heterocycles. The molecule has 6 heteroatoms. The summed E-state index contributed by atoms with van der Waals surface area (Å²) in [6.07, 6.45) is 0. The Labute approximate surface area is 164 Å². The summed E-state index contributed by atoms with van der Waals surface area (Å²) in [6, 6.07) is 20.0. The van der Waals surface area contributed by atoms with Gasteiger partial charge in [-0.3, -0.25) is 9.62 Å². The van der Waals surface area contributed by atoms with Crippen molar-refractivity contribution in [1.82, 2.24) is 4.90 Å². The molecule has 1 heterocycles. The third-order valence-electron chi connectivity index (χ3n) is 4.68. The fraction of sp³-hybridized carbons (Fsp3) is 0.143. The van der Waals surface area contributed by atoms with E-state index in [9.17, 15) is 8.42 Å². The van der Waals surface area contributed by atoms with Gasteiger partial charge in [0.15, 0.2) is 0 Å². The highest BCUT2D eigenvalue weighted by Crippen LogP contribution is 2.27. The standard InChI is InChI=1S/C21H19ClN2O2S/c1-24-13-17-4-9-20(12-18(17)14-24)23-27(25,26)21-10-5-16(6-11-21)15-2-7-19(22)8-3-15/h2-12,23H,13-14H2,1H3. The van der Waals surface area contributed by atoms with E-state index in [1.54, 1.807) is 24.3 Å². The van der Waals surface area contributed by atoms with Crippen LogP contribution in [0.5, 0.6) is 0 Å². The maximum Gasteiger partial charge on any atom is 0.261 e. The lowest BCUT2D eigenvalue weighted by atomic mass is 10.1. The zero-order valence-electron chi connectivity index (χ0n) is 14.8. The van der Waals surface area contributed by atoms with Crippen LogP contribution in [0.25, 0.3) is 11.1 Å². The quantitative estimate of drug-likeness (QED) is 0.689. The van der Waals surface area contributed by atoms with Crippen LogP contribution in [0.2, 0.25) is 5.02 Å². The molecule has 0 unspecified atom stereocenters. The molecule has 4 rings (SSSR count). The predicted octanol–water partition coefficient (Wildman–Crippen LogP) is 4.75. The zero-order chi connectivity index (χ0) is 19.0. The molecular weight excluding hydrogens is 380 g/mol. The second-order valence-corrected chi connectivity index (χ2v) is 8.91. The maximum absolute atomic E-state index is 12.7.